The van der Waals surface area contributed by atoms with Gasteiger partial charge in [-0.3, -0.25) is 14.9 Å². The quantitative estimate of drug-likeness (QED) is 0.173. The number of aryl methyl sites for hydroxylation is 1. The van der Waals surface area contributed by atoms with Gasteiger partial charge in [-0.15, -0.1) is 22.7 Å². The number of fused-ring (bicyclic) bond motifs is 2. The summed E-state index contributed by atoms with van der Waals surface area (Å²) in [6, 6.07) is 4.41. The fourth-order valence-electron chi connectivity index (χ4n) is 4.81. The highest BCUT2D eigenvalue weighted by atomic mass is 35.5. The van der Waals surface area contributed by atoms with Crippen LogP contribution in [-0.2, 0) is 17.6 Å². The van der Waals surface area contributed by atoms with Crippen LogP contribution in [0.5, 0.6) is 0 Å². The molecule has 200 valence electrons. The van der Waals surface area contributed by atoms with Crippen molar-refractivity contribution in [1.82, 2.24) is 9.80 Å². The molecule has 0 bridgehead atoms. The van der Waals surface area contributed by atoms with E-state index in [4.69, 9.17) is 28.6 Å². The van der Waals surface area contributed by atoms with Crippen molar-refractivity contribution in [2.75, 3.05) is 38.1 Å². The Labute approximate surface area is 237 Å². The van der Waals surface area contributed by atoms with Gasteiger partial charge in [-0.25, -0.2) is 4.79 Å². The van der Waals surface area contributed by atoms with Crippen molar-refractivity contribution < 1.29 is 19.2 Å². The number of carbonyl (C=O) groups excluding carboxylic acids is 2. The van der Waals surface area contributed by atoms with Gasteiger partial charge in [-0.1, -0.05) is 11.6 Å². The van der Waals surface area contributed by atoms with Gasteiger partial charge in [0, 0.05) is 53.3 Å². The number of esters is 1. The van der Waals surface area contributed by atoms with E-state index in [2.05, 4.69) is 5.32 Å². The number of carbonyl (C=O) groups is 2. The SMILES string of the molecule is CCOC(=O)c1c(NC(=S)N2CCN(C(=O)c3sc4cc([N+](=O)[O-])ccc4c3Cl)CC2)sc2c1CCCC2. The molecule has 0 spiro atoms. The molecule has 5 rings (SSSR count). The largest absolute Gasteiger partial charge is 0.462 e. The van der Waals surface area contributed by atoms with Crippen LogP contribution in [0.15, 0.2) is 18.2 Å². The average Bonchev–Trinajstić information content (AvgIpc) is 3.45. The lowest BCUT2D eigenvalue weighted by Gasteiger charge is -2.36. The van der Waals surface area contributed by atoms with Gasteiger partial charge in [0.05, 0.1) is 22.1 Å². The molecule has 1 saturated heterocycles. The number of hydrogen-bond acceptors (Lipinski definition) is 8. The molecule has 1 amide bonds. The molecule has 13 heteroatoms. The first-order valence-corrected chi connectivity index (χ1v) is 14.7. The minimum absolute atomic E-state index is 0.0400. The summed E-state index contributed by atoms with van der Waals surface area (Å²) in [4.78, 5) is 42.0. The second-order valence-corrected chi connectivity index (χ2v) is 11.9. The van der Waals surface area contributed by atoms with Crippen LogP contribution in [-0.4, -0.2) is 64.5 Å². The van der Waals surface area contributed by atoms with Crippen molar-refractivity contribution >= 4 is 84.3 Å². The summed E-state index contributed by atoms with van der Waals surface area (Å²) in [5, 5.41) is 16.6. The number of nitro benzene ring substituents is 1. The molecule has 2 aliphatic rings. The molecule has 1 fully saturated rings. The lowest BCUT2D eigenvalue weighted by molar-refractivity contribution is -0.384. The van der Waals surface area contributed by atoms with E-state index in [1.54, 1.807) is 29.2 Å². The maximum absolute atomic E-state index is 13.3. The predicted octanol–water partition coefficient (Wildman–Crippen LogP) is 5.73. The Morgan fingerprint density at radius 3 is 2.58 bits per heavy atom. The van der Waals surface area contributed by atoms with Gasteiger partial charge in [0.1, 0.15) is 9.88 Å². The van der Waals surface area contributed by atoms with Crippen LogP contribution < -0.4 is 5.32 Å². The minimum atomic E-state index is -0.466. The van der Waals surface area contributed by atoms with Crippen molar-refractivity contribution in [1.29, 1.82) is 0 Å². The molecule has 38 heavy (non-hydrogen) atoms. The van der Waals surface area contributed by atoms with Gasteiger partial charge in [-0.05, 0) is 56.5 Å². The summed E-state index contributed by atoms with van der Waals surface area (Å²) in [7, 11) is 0. The summed E-state index contributed by atoms with van der Waals surface area (Å²) in [6.07, 6.45) is 3.98. The molecule has 0 radical (unpaired) electrons. The third-order valence-electron chi connectivity index (χ3n) is 6.74. The Bertz CT molecular complexity index is 1440. The number of thiophene rings is 2. The maximum atomic E-state index is 13.3. The standard InChI is InChI=1S/C25H25ClN4O5S3/c1-2-35-24(32)19-15-5-3-4-6-17(15)38-22(19)27-25(36)29-11-9-28(10-12-29)23(31)21-20(26)16-8-7-14(30(33)34)13-18(16)37-21/h7-8,13H,2-6,9-12H2,1H3,(H,27,36). The number of anilines is 1. The van der Waals surface area contributed by atoms with Crippen LogP contribution >= 0.6 is 46.5 Å². The number of piperazine rings is 1. The first kappa shape index (κ1) is 26.8. The first-order valence-electron chi connectivity index (χ1n) is 12.3. The Morgan fingerprint density at radius 1 is 1.16 bits per heavy atom. The van der Waals surface area contributed by atoms with E-state index in [1.165, 1.54) is 28.3 Å². The lowest BCUT2D eigenvalue weighted by atomic mass is 9.95. The lowest BCUT2D eigenvalue weighted by Crippen LogP contribution is -2.51. The second-order valence-electron chi connectivity index (χ2n) is 9.03. The van der Waals surface area contributed by atoms with E-state index in [-0.39, 0.29) is 17.6 Å². The summed E-state index contributed by atoms with van der Waals surface area (Å²) >= 11 is 14.9. The molecule has 9 nitrogen and oxygen atoms in total. The Morgan fingerprint density at radius 2 is 1.87 bits per heavy atom. The van der Waals surface area contributed by atoms with Gasteiger partial charge in [-0.2, -0.15) is 0 Å². The zero-order valence-corrected chi connectivity index (χ0v) is 23.8. The molecular weight excluding hydrogens is 568 g/mol. The zero-order chi connectivity index (χ0) is 27.0. The molecule has 1 aliphatic carbocycles. The Kier molecular flexibility index (Phi) is 7.85. The molecule has 0 saturated carbocycles. The van der Waals surface area contributed by atoms with E-state index >= 15 is 0 Å². The predicted molar refractivity (Wildman–Crippen MR) is 154 cm³/mol. The minimum Gasteiger partial charge on any atom is -0.462 e. The zero-order valence-electron chi connectivity index (χ0n) is 20.6. The van der Waals surface area contributed by atoms with Crippen molar-refractivity contribution in [2.45, 2.75) is 32.6 Å². The number of benzene rings is 1. The van der Waals surface area contributed by atoms with E-state index in [1.807, 2.05) is 4.90 Å². The third kappa shape index (κ3) is 5.09. The number of thiocarbonyl (C=S) groups is 1. The number of hydrogen-bond donors (Lipinski definition) is 1. The molecule has 0 atom stereocenters. The summed E-state index contributed by atoms with van der Waals surface area (Å²) in [5.41, 5.74) is 1.63. The number of nitrogens with zero attached hydrogens (tertiary/aromatic N) is 3. The number of rotatable bonds is 5. The van der Waals surface area contributed by atoms with Crippen LogP contribution in [0, 0.1) is 10.1 Å². The van der Waals surface area contributed by atoms with Gasteiger partial charge >= 0.3 is 5.97 Å². The van der Waals surface area contributed by atoms with Crippen LogP contribution in [0.3, 0.4) is 0 Å². The van der Waals surface area contributed by atoms with Gasteiger partial charge in [0.25, 0.3) is 11.6 Å². The van der Waals surface area contributed by atoms with Crippen LogP contribution in [0.1, 0.15) is 50.2 Å². The van der Waals surface area contributed by atoms with E-state index in [0.29, 0.717) is 63.4 Å². The Balaban J connectivity index is 1.26. The number of halogens is 1. The second kappa shape index (κ2) is 11.1. The van der Waals surface area contributed by atoms with E-state index < -0.39 is 4.92 Å². The van der Waals surface area contributed by atoms with Gasteiger partial charge in [0.2, 0.25) is 0 Å². The first-order chi connectivity index (χ1) is 18.3. The van der Waals surface area contributed by atoms with Crippen molar-refractivity contribution in [3.8, 4) is 0 Å². The summed E-state index contributed by atoms with van der Waals surface area (Å²) in [5.74, 6) is -0.522. The maximum Gasteiger partial charge on any atom is 0.341 e. The normalized spacial score (nSPS) is 15.3. The summed E-state index contributed by atoms with van der Waals surface area (Å²) < 4.78 is 5.94. The Hall–Kier alpha value is -2.80. The number of non-ortho nitro benzene ring substituents is 1. The highest BCUT2D eigenvalue weighted by Crippen LogP contribution is 2.40. The highest BCUT2D eigenvalue weighted by molar-refractivity contribution is 7.80. The molecular formula is C25H25ClN4O5S3. The van der Waals surface area contributed by atoms with E-state index in [0.717, 1.165) is 36.2 Å². The topological polar surface area (TPSA) is 105 Å². The molecule has 2 aromatic heterocycles. The van der Waals surface area contributed by atoms with E-state index in [9.17, 15) is 19.7 Å². The molecule has 1 aliphatic heterocycles. The molecule has 0 unspecified atom stereocenters. The van der Waals surface area contributed by atoms with Crippen molar-refractivity contribution in [3.05, 3.63) is 54.2 Å². The number of ether oxygens (including phenoxy) is 1. The fourth-order valence-corrected chi connectivity index (χ4v) is 7.95. The third-order valence-corrected chi connectivity index (χ3v) is 9.96. The highest BCUT2D eigenvalue weighted by Gasteiger charge is 2.30. The van der Waals surface area contributed by atoms with Crippen LogP contribution in [0.4, 0.5) is 10.7 Å². The number of nitro groups is 1. The number of nitrogens with one attached hydrogen (secondary N) is 1. The average molecular weight is 593 g/mol. The fraction of sp³-hybridized carbons (Fsp3) is 0.400. The number of amides is 1. The molecule has 3 aromatic rings. The van der Waals surface area contributed by atoms with Gasteiger partial charge < -0.3 is 19.9 Å². The van der Waals surface area contributed by atoms with Gasteiger partial charge in [0.15, 0.2) is 5.11 Å². The van der Waals surface area contributed by atoms with Crippen LogP contribution in [0.2, 0.25) is 5.02 Å². The van der Waals surface area contributed by atoms with Crippen LogP contribution in [0.25, 0.3) is 10.1 Å². The smallest absolute Gasteiger partial charge is 0.341 e. The van der Waals surface area contributed by atoms with Crippen molar-refractivity contribution in [2.24, 2.45) is 0 Å². The molecule has 3 heterocycles. The molecule has 1 N–H and O–H groups in total. The molecule has 1 aromatic carbocycles. The van der Waals surface area contributed by atoms with Crippen molar-refractivity contribution in [3.63, 3.8) is 0 Å². The monoisotopic (exact) mass is 592 g/mol. The summed E-state index contributed by atoms with van der Waals surface area (Å²) in [6.45, 7) is 4.03.